The van der Waals surface area contributed by atoms with E-state index in [-0.39, 0.29) is 141 Å². The van der Waals surface area contributed by atoms with Gasteiger partial charge in [0.25, 0.3) is 0 Å². The highest BCUT2D eigenvalue weighted by Gasteiger charge is 2.33. The number of piperidine rings is 5. The number of carbonyl (C=O) groups excluding carboxylic acids is 11. The zero-order valence-corrected chi connectivity index (χ0v) is 81.6. The summed E-state index contributed by atoms with van der Waals surface area (Å²) in [4.78, 5) is 151. The Hall–Kier alpha value is -19.2. The van der Waals surface area contributed by atoms with Crippen LogP contribution in [0.1, 0.15) is 174 Å². The molecule has 0 saturated carbocycles. The van der Waals surface area contributed by atoms with Gasteiger partial charge in [-0.25, -0.2) is 4.79 Å². The number of rotatable bonds is 17. The summed E-state index contributed by atoms with van der Waals surface area (Å²) in [6, 6.07) is 80.1. The van der Waals surface area contributed by atoms with E-state index in [4.69, 9.17) is 62.9 Å². The van der Waals surface area contributed by atoms with Gasteiger partial charge >= 0.3 is 12.1 Å². The summed E-state index contributed by atoms with van der Waals surface area (Å²) in [7, 11) is 3.52. The summed E-state index contributed by atoms with van der Waals surface area (Å²) in [5.41, 5.74) is 20.5. The molecule has 5 heterocycles. The largest absolute Gasteiger partial charge is 0.481 e. The monoisotopic (exact) mass is 2010 g/mol. The lowest BCUT2D eigenvalue weighted by molar-refractivity contribution is -0.137. The average Bonchev–Trinajstić information content (AvgIpc) is 0.813. The molecule has 9 aromatic rings. The van der Waals surface area contributed by atoms with E-state index in [9.17, 15) is 57.5 Å². The fourth-order valence-corrected chi connectivity index (χ4v) is 14.1. The molecule has 150 heavy (non-hydrogen) atoms. The van der Waals surface area contributed by atoms with Crippen LogP contribution in [0, 0.1) is 102 Å². The van der Waals surface area contributed by atoms with Crippen LogP contribution in [-0.4, -0.2) is 207 Å². The van der Waals surface area contributed by atoms with Crippen molar-refractivity contribution < 1.29 is 67.4 Å². The van der Waals surface area contributed by atoms with Crippen LogP contribution in [-0.2, 0) is 52.7 Å². The third kappa shape index (κ3) is 40.5. The van der Waals surface area contributed by atoms with Gasteiger partial charge in [0.1, 0.15) is 24.2 Å². The number of carboxylic acids is 1. The summed E-state index contributed by atoms with van der Waals surface area (Å²) in [6.45, 7) is 9.87. The maximum Gasteiger partial charge on any atom is 0.408 e. The van der Waals surface area contributed by atoms with Gasteiger partial charge in [-0.05, 0) is 237 Å². The Morgan fingerprint density at radius 3 is 0.773 bits per heavy atom. The van der Waals surface area contributed by atoms with Crippen LogP contribution >= 0.6 is 0 Å². The van der Waals surface area contributed by atoms with Gasteiger partial charge in [-0.15, -0.1) is 0 Å². The number of nitrogens with zero attached hydrogens (tertiary/aromatic N) is 13. The second-order valence-electron chi connectivity index (χ2n) is 34.4. The number of nitrogens with two attached hydrogens (primary N) is 1. The minimum Gasteiger partial charge on any atom is -0.481 e. The van der Waals surface area contributed by atoms with Crippen LogP contribution in [0.2, 0.25) is 0 Å². The summed E-state index contributed by atoms with van der Waals surface area (Å²) < 4.78 is 5.19. The molecule has 5 amide bonds. The Balaban J connectivity index is 0.000000327. The topological polar surface area (TPSA) is 536 Å². The number of ether oxygens (including phenoxy) is 1. The zero-order chi connectivity index (χ0) is 107. The lowest BCUT2D eigenvalue weighted by Crippen LogP contribution is -2.47. The number of Topliss-reactive ketones (excluding diaryl/α,β-unsaturated/α-hetero) is 5. The van der Waals surface area contributed by atoms with E-state index in [1.54, 1.807) is 282 Å². The van der Waals surface area contributed by atoms with Crippen molar-refractivity contribution in [2.24, 2.45) is 5.73 Å². The summed E-state index contributed by atoms with van der Waals surface area (Å²) in [6.07, 6.45) is 15.7. The fourth-order valence-electron chi connectivity index (χ4n) is 14.1. The third-order valence-corrected chi connectivity index (χ3v) is 21.7. The van der Waals surface area contributed by atoms with Crippen LogP contribution in [0.4, 0.5) is 4.79 Å². The molecule has 7 N–H and O–H groups in total. The van der Waals surface area contributed by atoms with Crippen molar-refractivity contribution in [3.05, 3.63) is 363 Å². The smallest absolute Gasteiger partial charge is 0.408 e. The van der Waals surface area contributed by atoms with E-state index >= 15 is 0 Å². The highest BCUT2D eigenvalue weighted by Crippen LogP contribution is 2.29. The van der Waals surface area contributed by atoms with Gasteiger partial charge in [0.2, 0.25) is 23.6 Å². The van der Waals surface area contributed by atoms with E-state index in [0.717, 1.165) is 76.7 Å². The van der Waals surface area contributed by atoms with Crippen molar-refractivity contribution in [2.75, 3.05) is 106 Å². The standard InChI is InChI=1S/C28H26N4O4.C27H25N5O3.C23H18N4O2.C21H15N3O.C8H5NO.C5H9NO.C3H6O2.3CH4/c1-28(2,3)36-27(35)31-16-25(33)32-17-23(12-19-4-8-21(14-29)9-5-19)26(34)24(18-32)13-20-6-10-22(15-30)11-7-20;1-31(2)18-25(33)30-15-26(34)32-16-23(11-19-3-7-21(13-28)8-4-19)27(35)24(17-32)12-20-5-9-22(14-29)10-6-20;24-11-18-5-1-16(2-6-18)9-20-14-27(22(28)13-26)15-21(23(20)29)10-17-3-7-19(12-25)8-4-17;22-11-17-5-1-15(2-6-17)9-19-13-24-14-20(21(19)25)10-16-3-7-18(12-23)8-4-16;9-5-7-1-3-8(6-10)4-2-7;7-5-1-3-6-4-2-5;1-2-3(4)5;;;/h4-13H,16-18H2,1-3H3,(H,31,35);3-12H,15-18H2,1-2H3,(H,30,33);1-10H,13-15,26H2;1-10,24H,13-14H2;1-4,6H;6H,1-4H2;2H2,1H3,(H,4,5);3*1H4/b23-12+,24-13+;23-11+,24-12+;20-9+,21-10+;19-9+,20-10+;;;;;;. The number of carbonyl (C=O) groups is 12. The number of hydrogen-bond acceptors (Lipinski definition) is 26. The number of nitriles is 9. The Bertz CT molecular complexity index is 6700. The van der Waals surface area contributed by atoms with Crippen molar-refractivity contribution in [1.29, 1.82) is 47.4 Å². The number of alkyl carbamates (subject to hydrolysis) is 1. The van der Waals surface area contributed by atoms with Gasteiger partial charge in [0.05, 0.1) is 124 Å². The number of hydrogen-bond donors (Lipinski definition) is 6. The molecule has 0 unspecified atom stereocenters. The molecule has 9 aromatic carbocycles. The maximum absolute atomic E-state index is 13.3. The van der Waals surface area contributed by atoms with Crippen LogP contribution < -0.4 is 27.0 Å². The molecule has 5 fully saturated rings. The second-order valence-corrected chi connectivity index (χ2v) is 34.4. The van der Waals surface area contributed by atoms with Crippen LogP contribution in [0.5, 0.6) is 0 Å². The van der Waals surface area contributed by atoms with Crippen molar-refractivity contribution in [3.8, 4) is 54.6 Å². The normalized spacial score (nSPS) is 15.4. The molecule has 0 aliphatic carbocycles. The minimum absolute atomic E-state index is 0. The first-order chi connectivity index (χ1) is 70.6. The second kappa shape index (κ2) is 62.4. The lowest BCUT2D eigenvalue weighted by Gasteiger charge is -2.30. The molecule has 5 aliphatic heterocycles. The first-order valence-corrected chi connectivity index (χ1v) is 46.0. The van der Waals surface area contributed by atoms with E-state index in [2.05, 4.69) is 69.8 Å². The molecule has 0 atom stereocenters. The van der Waals surface area contributed by atoms with Crippen molar-refractivity contribution in [3.63, 3.8) is 0 Å². The van der Waals surface area contributed by atoms with Crippen LogP contribution in [0.15, 0.2) is 263 Å². The molecule has 0 radical (unpaired) electrons. The lowest BCUT2D eigenvalue weighted by atomic mass is 9.94. The third-order valence-electron chi connectivity index (χ3n) is 21.7. The summed E-state index contributed by atoms with van der Waals surface area (Å²) >= 11 is 0. The molecular weight excluding hydrogens is 1890 g/mol. The first-order valence-electron chi connectivity index (χ1n) is 46.0. The number of benzene rings is 9. The number of carboxylic acid groups (broad SMARTS) is 1. The van der Waals surface area contributed by atoms with E-state index in [1.807, 2.05) is 42.5 Å². The molecule has 5 saturated heterocycles. The zero-order valence-electron chi connectivity index (χ0n) is 81.6. The number of amides is 5. The predicted octanol–water partition coefficient (Wildman–Crippen LogP) is 14.9. The SMILES string of the molecule is C.C.C.CC(C)(C)OC(=O)NCC(=O)N1C/C(=C\c2ccc(C#N)cc2)C(=O)/C(=C/c2ccc(C#N)cc2)C1.CCC(=O)O.CN(C)CC(=O)NCC(=O)N1C/C(=C\c2ccc(C#N)cc2)C(=O)/C(=C/c2ccc(C#N)cc2)C1.N#Cc1ccc(/C=C2\CN(C(=O)CN)C/C(=C\c3ccc(C#N)cc3)C2=O)cc1.N#Cc1ccc(/C=C2\CNC/C(=C\c3ccc(C#N)cc3)C2=O)cc1.N#Cc1ccc(C=O)cc1.O=C1CCNCC1. The number of likely N-dealkylation sites (N-methyl/N-ethyl adjacent to an activating group) is 1. The predicted molar refractivity (Wildman–Crippen MR) is 572 cm³/mol. The molecular formula is C118H116N18O14. The van der Waals surface area contributed by atoms with Gasteiger partial charge in [0.15, 0.2) is 23.1 Å². The molecule has 32 nitrogen and oxygen atoms in total. The molecule has 0 aromatic heterocycles. The van der Waals surface area contributed by atoms with E-state index < -0.39 is 17.7 Å². The first kappa shape index (κ1) is 121. The van der Waals surface area contributed by atoms with Crippen molar-refractivity contribution >= 4 is 120 Å². The molecule has 5 aliphatic rings. The Morgan fingerprint density at radius 2 is 0.580 bits per heavy atom. The number of aldehydes is 1. The van der Waals surface area contributed by atoms with Crippen LogP contribution in [0.25, 0.3) is 48.6 Å². The number of ketones is 5. The number of aliphatic carboxylic acids is 1. The summed E-state index contributed by atoms with van der Waals surface area (Å²) in [5.74, 6) is -2.03. The number of nitrogens with one attached hydrogen (secondary N) is 4. The molecule has 32 heteroatoms. The maximum atomic E-state index is 13.3. The van der Waals surface area contributed by atoms with Gasteiger partial charge in [-0.3, -0.25) is 52.7 Å². The van der Waals surface area contributed by atoms with Crippen molar-refractivity contribution in [2.45, 2.75) is 74.8 Å². The van der Waals surface area contributed by atoms with Gasteiger partial charge < -0.3 is 56.4 Å². The van der Waals surface area contributed by atoms with Gasteiger partial charge in [-0.2, -0.15) is 47.4 Å². The fraction of sp³-hybridized carbons (Fsp3) is 0.229. The summed E-state index contributed by atoms with van der Waals surface area (Å²) in [5, 5.41) is 99.1. The quantitative estimate of drug-likeness (QED) is 0.0364. The minimum atomic E-state index is -0.745. The van der Waals surface area contributed by atoms with Gasteiger partial charge in [0, 0.05) is 135 Å². The Labute approximate surface area is 874 Å². The van der Waals surface area contributed by atoms with Gasteiger partial charge in [-0.1, -0.05) is 138 Å². The molecule has 14 rings (SSSR count). The Kier molecular flexibility index (Phi) is 50.4. The van der Waals surface area contributed by atoms with Crippen LogP contribution in [0.3, 0.4) is 0 Å². The highest BCUT2D eigenvalue weighted by molar-refractivity contribution is 6.18. The van der Waals surface area contributed by atoms with E-state index in [1.165, 1.54) is 9.80 Å². The molecule has 762 valence electrons. The molecule has 0 bridgehead atoms. The number of likely N-dealkylation sites (tertiary alicyclic amines) is 3. The van der Waals surface area contributed by atoms with Crippen molar-refractivity contribution in [1.82, 2.24) is 40.9 Å². The van der Waals surface area contributed by atoms with E-state index in [0.29, 0.717) is 119 Å². The highest BCUT2D eigenvalue weighted by atomic mass is 16.6. The molecule has 0 spiro atoms. The Morgan fingerprint density at radius 1 is 0.367 bits per heavy atom. The average molecular weight is 2010 g/mol.